The van der Waals surface area contributed by atoms with Gasteiger partial charge in [-0.2, -0.15) is 0 Å². The number of imide groups is 1. The number of carbonyl (C=O) groups is 4. The molecule has 2 aliphatic carbocycles. The van der Waals surface area contributed by atoms with Crippen molar-refractivity contribution in [3.63, 3.8) is 0 Å². The van der Waals surface area contributed by atoms with Crippen LogP contribution in [0.1, 0.15) is 29.7 Å². The number of anilines is 1. The van der Waals surface area contributed by atoms with Crippen LogP contribution in [0.4, 0.5) is 5.69 Å². The number of hydrogen-bond acceptors (Lipinski definition) is 8. The molecule has 2 bridgehead atoms. The second kappa shape index (κ2) is 11.4. The maximum atomic E-state index is 13.7. The third kappa shape index (κ3) is 5.02. The highest BCUT2D eigenvalue weighted by molar-refractivity contribution is 9.10. The number of H-pyrrole nitrogens is 1. The first-order valence-corrected chi connectivity index (χ1v) is 17.4. The van der Waals surface area contributed by atoms with Crippen molar-refractivity contribution in [2.45, 2.75) is 35.6 Å². The van der Waals surface area contributed by atoms with Crippen LogP contribution in [0.2, 0.25) is 10.0 Å². The number of rotatable bonds is 7. The van der Waals surface area contributed by atoms with E-state index in [4.69, 9.17) is 27.9 Å². The van der Waals surface area contributed by atoms with E-state index in [1.54, 1.807) is 24.3 Å². The van der Waals surface area contributed by atoms with Crippen molar-refractivity contribution in [1.29, 1.82) is 0 Å². The van der Waals surface area contributed by atoms with Gasteiger partial charge in [0.25, 0.3) is 5.91 Å². The van der Waals surface area contributed by atoms with Crippen molar-refractivity contribution >= 4 is 91.6 Å². The van der Waals surface area contributed by atoms with Crippen LogP contribution in [-0.4, -0.2) is 56.6 Å². The number of aromatic amines is 1. The van der Waals surface area contributed by atoms with Crippen LogP contribution < -0.4 is 14.9 Å². The van der Waals surface area contributed by atoms with Gasteiger partial charge in [0.05, 0.1) is 26.9 Å². The molecule has 7 unspecified atom stereocenters. The SMILES string of the molecule is CC(C(=O)O)N1C(=O)C2C3CC(C2C1=O)C1C3Sc2[nH]c(=O)sc2[C@@H]1c1cc(Br)ccc1OCC(=O)Nc1ccc(Cl)c(Cl)c1. The third-order valence-corrected chi connectivity index (χ3v) is 13.2. The topological polar surface area (TPSA) is 146 Å². The molecule has 0 spiro atoms. The number of amides is 3. The molecule has 2 aromatic carbocycles. The van der Waals surface area contributed by atoms with Crippen LogP contribution in [0.15, 0.2) is 50.7 Å². The number of hydrogen-bond donors (Lipinski definition) is 3. The Bertz CT molecular complexity index is 1850. The molecule has 10 nitrogen and oxygen atoms in total. The van der Waals surface area contributed by atoms with E-state index in [2.05, 4.69) is 26.2 Å². The van der Waals surface area contributed by atoms with E-state index in [-0.39, 0.29) is 40.4 Å². The molecule has 234 valence electrons. The van der Waals surface area contributed by atoms with E-state index >= 15 is 0 Å². The summed E-state index contributed by atoms with van der Waals surface area (Å²) in [7, 11) is 0. The van der Waals surface area contributed by atoms with Crippen LogP contribution in [0.5, 0.6) is 5.75 Å². The van der Waals surface area contributed by atoms with Crippen molar-refractivity contribution in [3.05, 3.63) is 71.0 Å². The number of fused-ring (bicyclic) bond motifs is 9. The molecule has 3 heterocycles. The fourth-order valence-electron chi connectivity index (χ4n) is 7.69. The minimum absolute atomic E-state index is 0.0967. The Morgan fingerprint density at radius 2 is 1.84 bits per heavy atom. The molecule has 2 saturated carbocycles. The highest BCUT2D eigenvalue weighted by Crippen LogP contribution is 2.69. The molecular formula is C30H24BrCl2N3O7S2. The summed E-state index contributed by atoms with van der Waals surface area (Å²) >= 11 is 18.3. The molecule has 3 N–H and O–H groups in total. The van der Waals surface area contributed by atoms with Gasteiger partial charge in [-0.05, 0) is 67.5 Å². The summed E-state index contributed by atoms with van der Waals surface area (Å²) in [5, 5.41) is 13.6. The molecular weight excluding hydrogens is 729 g/mol. The predicted molar refractivity (Wildman–Crippen MR) is 172 cm³/mol. The van der Waals surface area contributed by atoms with Crippen molar-refractivity contribution in [1.82, 2.24) is 9.88 Å². The van der Waals surface area contributed by atoms with Gasteiger partial charge >= 0.3 is 10.8 Å². The minimum Gasteiger partial charge on any atom is -0.483 e. The van der Waals surface area contributed by atoms with Crippen LogP contribution in [0.3, 0.4) is 0 Å². The van der Waals surface area contributed by atoms with Crippen LogP contribution in [-0.2, 0) is 19.2 Å². The number of aliphatic carboxylic acids is 1. The minimum atomic E-state index is -1.25. The summed E-state index contributed by atoms with van der Waals surface area (Å²) in [5.41, 5.74) is 1.21. The number of thioether (sulfide) groups is 1. The first-order valence-electron chi connectivity index (χ1n) is 14.1. The number of nitrogens with zero attached hydrogens (tertiary/aromatic N) is 1. The lowest BCUT2D eigenvalue weighted by Gasteiger charge is -2.43. The van der Waals surface area contributed by atoms with Crippen LogP contribution in [0.25, 0.3) is 0 Å². The fourth-order valence-corrected chi connectivity index (χ4v) is 11.2. The number of likely N-dealkylation sites (tertiary alicyclic amines) is 1. The monoisotopic (exact) mass is 751 g/mol. The van der Waals surface area contributed by atoms with Gasteiger partial charge in [-0.1, -0.05) is 50.5 Å². The first kappa shape index (κ1) is 30.8. The third-order valence-electron chi connectivity index (χ3n) is 9.37. The molecule has 4 aliphatic rings. The second-order valence-electron chi connectivity index (χ2n) is 11.7. The number of aromatic nitrogens is 1. The molecule has 3 fully saturated rings. The molecule has 1 aromatic heterocycles. The zero-order chi connectivity index (χ0) is 31.9. The molecule has 7 rings (SSSR count). The van der Waals surface area contributed by atoms with Gasteiger partial charge < -0.3 is 20.1 Å². The van der Waals surface area contributed by atoms with Crippen LogP contribution >= 0.6 is 62.2 Å². The van der Waals surface area contributed by atoms with Crippen molar-refractivity contribution in [2.75, 3.05) is 11.9 Å². The Morgan fingerprint density at radius 1 is 1.11 bits per heavy atom. The number of carboxylic acids is 1. The number of carbonyl (C=O) groups excluding carboxylic acids is 3. The molecule has 3 aromatic rings. The second-order valence-corrected chi connectivity index (χ2v) is 15.6. The summed E-state index contributed by atoms with van der Waals surface area (Å²) in [4.78, 5) is 69.0. The lowest BCUT2D eigenvalue weighted by atomic mass is 9.68. The Balaban J connectivity index is 1.23. The normalized spacial score (nSPS) is 28.4. The first-order chi connectivity index (χ1) is 21.4. The van der Waals surface area contributed by atoms with E-state index in [1.807, 2.05) is 6.07 Å². The largest absolute Gasteiger partial charge is 0.483 e. The molecule has 0 radical (unpaired) electrons. The number of nitrogens with one attached hydrogen (secondary N) is 2. The summed E-state index contributed by atoms with van der Waals surface area (Å²) < 4.78 is 6.87. The van der Waals surface area contributed by atoms with Gasteiger partial charge in [0.1, 0.15) is 11.8 Å². The van der Waals surface area contributed by atoms with Gasteiger partial charge in [0.15, 0.2) is 6.61 Å². The number of ether oxygens (including phenoxy) is 1. The van der Waals surface area contributed by atoms with Gasteiger partial charge in [-0.15, -0.1) is 11.8 Å². The summed E-state index contributed by atoms with van der Waals surface area (Å²) in [6.07, 6.45) is 0.649. The molecule has 15 heteroatoms. The lowest BCUT2D eigenvalue weighted by molar-refractivity contribution is -0.154. The van der Waals surface area contributed by atoms with E-state index in [9.17, 15) is 29.1 Å². The van der Waals surface area contributed by atoms with Crippen molar-refractivity contribution in [2.24, 2.45) is 29.6 Å². The standard InChI is InChI=1S/C30H24BrCl2N3O7S2/c1-10(29(40)41)36-27(38)22-14-8-15(23(22)28(36)39)24-21(14)20(25-26(44-24)35-30(42)45-25)13-6-11(31)2-5-18(13)43-9-19(37)34-12-3-4-16(32)17(33)7-12/h2-7,10,14-15,20-24H,8-9H2,1H3,(H,34,37)(H,35,42)(H,40,41)/t10?,14?,15?,20-,21?,22?,23?,24?/m1/s1. The highest BCUT2D eigenvalue weighted by atomic mass is 79.9. The number of thiazole rings is 1. The smallest absolute Gasteiger partial charge is 0.326 e. The Labute approximate surface area is 282 Å². The van der Waals surface area contributed by atoms with Gasteiger partial charge in [0.2, 0.25) is 11.8 Å². The Hall–Kier alpha value is -2.84. The molecule has 3 amide bonds. The van der Waals surface area contributed by atoms with E-state index in [0.717, 1.165) is 36.2 Å². The zero-order valence-corrected chi connectivity index (χ0v) is 28.0. The van der Waals surface area contributed by atoms with Gasteiger partial charge in [0, 0.05) is 31.8 Å². The van der Waals surface area contributed by atoms with E-state index < -0.39 is 41.6 Å². The maximum absolute atomic E-state index is 13.7. The molecule has 45 heavy (non-hydrogen) atoms. The number of benzene rings is 2. The maximum Gasteiger partial charge on any atom is 0.326 e. The Kier molecular flexibility index (Phi) is 7.83. The van der Waals surface area contributed by atoms with Gasteiger partial charge in [-0.25, -0.2) is 4.79 Å². The summed E-state index contributed by atoms with van der Waals surface area (Å²) in [5.74, 6) is -4.16. The average Bonchev–Trinajstić information content (AvgIpc) is 3.72. The summed E-state index contributed by atoms with van der Waals surface area (Å²) in [6, 6.07) is 8.95. The fraction of sp³-hybridized carbons (Fsp3) is 0.367. The van der Waals surface area contributed by atoms with Crippen molar-refractivity contribution in [3.8, 4) is 5.75 Å². The zero-order valence-electron chi connectivity index (χ0n) is 23.3. The van der Waals surface area contributed by atoms with Crippen LogP contribution in [0, 0.1) is 29.6 Å². The highest BCUT2D eigenvalue weighted by Gasteiger charge is 2.70. The molecule has 8 atom stereocenters. The molecule has 2 aliphatic heterocycles. The number of halogens is 3. The number of carboxylic acid groups (broad SMARTS) is 1. The van der Waals surface area contributed by atoms with E-state index in [0.29, 0.717) is 27.9 Å². The van der Waals surface area contributed by atoms with Crippen molar-refractivity contribution < 1.29 is 29.0 Å². The summed E-state index contributed by atoms with van der Waals surface area (Å²) in [6.45, 7) is 1.04. The predicted octanol–water partition coefficient (Wildman–Crippen LogP) is 5.47. The quantitative estimate of drug-likeness (QED) is 0.270. The Morgan fingerprint density at radius 3 is 2.56 bits per heavy atom. The lowest BCUT2D eigenvalue weighted by Crippen LogP contribution is -2.44. The van der Waals surface area contributed by atoms with E-state index in [1.165, 1.54) is 24.8 Å². The molecule has 1 saturated heterocycles. The average molecular weight is 753 g/mol. The van der Waals surface area contributed by atoms with Gasteiger partial charge in [-0.3, -0.25) is 24.1 Å².